The van der Waals surface area contributed by atoms with Crippen LogP contribution in [0.25, 0.3) is 11.0 Å². The molecule has 1 N–H and O–H groups in total. The quantitative estimate of drug-likeness (QED) is 0.631. The van der Waals surface area contributed by atoms with Gasteiger partial charge in [0.1, 0.15) is 11.1 Å². The summed E-state index contributed by atoms with van der Waals surface area (Å²) in [4.78, 5) is 14.3. The van der Waals surface area contributed by atoms with Crippen molar-refractivity contribution in [3.63, 3.8) is 0 Å². The standard InChI is InChI=1S/C25H34N2O6/c28-24(29)25(10-14-30-15-11-25)17-27-12-8-18(9-13-27)16-31-23-22-20(32-19-4-1-2-5-19)6-3-7-21(22)33-26-23/h3,6-7,18-19H,1-2,4-5,8-17H2,(H,28,29). The topological polar surface area (TPSA) is 94.3 Å². The van der Waals surface area contributed by atoms with E-state index < -0.39 is 11.4 Å². The molecule has 1 aromatic heterocycles. The fraction of sp³-hybridized carbons (Fsp3) is 0.680. The predicted molar refractivity (Wildman–Crippen MR) is 122 cm³/mol. The lowest BCUT2D eigenvalue weighted by atomic mass is 9.79. The van der Waals surface area contributed by atoms with E-state index in [0.29, 0.717) is 56.6 Å². The number of carbonyl (C=O) groups is 1. The van der Waals surface area contributed by atoms with E-state index in [1.54, 1.807) is 0 Å². The van der Waals surface area contributed by atoms with E-state index in [9.17, 15) is 9.90 Å². The summed E-state index contributed by atoms with van der Waals surface area (Å²) >= 11 is 0. The van der Waals surface area contributed by atoms with E-state index in [1.165, 1.54) is 12.8 Å². The van der Waals surface area contributed by atoms with E-state index in [-0.39, 0.29) is 6.10 Å². The molecule has 1 saturated carbocycles. The summed E-state index contributed by atoms with van der Waals surface area (Å²) in [6.07, 6.45) is 8.01. The molecule has 180 valence electrons. The zero-order valence-electron chi connectivity index (χ0n) is 19.2. The van der Waals surface area contributed by atoms with Gasteiger partial charge < -0.3 is 28.7 Å². The molecule has 0 amide bonds. The first-order chi connectivity index (χ1) is 16.1. The Labute approximate surface area is 194 Å². The van der Waals surface area contributed by atoms with Crippen LogP contribution in [-0.2, 0) is 9.53 Å². The van der Waals surface area contributed by atoms with Crippen molar-refractivity contribution in [2.75, 3.05) is 39.5 Å². The van der Waals surface area contributed by atoms with Crippen LogP contribution in [0, 0.1) is 11.3 Å². The lowest BCUT2D eigenvalue weighted by molar-refractivity contribution is -0.157. The van der Waals surface area contributed by atoms with Crippen molar-refractivity contribution in [1.82, 2.24) is 10.1 Å². The molecule has 5 rings (SSSR count). The number of hydrogen-bond acceptors (Lipinski definition) is 7. The first-order valence-electron chi connectivity index (χ1n) is 12.3. The number of aliphatic carboxylic acids is 1. The van der Waals surface area contributed by atoms with Crippen molar-refractivity contribution < 1.29 is 28.6 Å². The number of rotatable bonds is 8. The molecule has 8 nitrogen and oxygen atoms in total. The van der Waals surface area contributed by atoms with Gasteiger partial charge in [0.25, 0.3) is 5.88 Å². The first-order valence-corrected chi connectivity index (χ1v) is 12.3. The molecule has 33 heavy (non-hydrogen) atoms. The lowest BCUT2D eigenvalue weighted by Gasteiger charge is -2.40. The molecule has 0 radical (unpaired) electrons. The number of nitrogens with zero attached hydrogens (tertiary/aromatic N) is 2. The van der Waals surface area contributed by atoms with E-state index in [0.717, 1.165) is 49.9 Å². The first kappa shape index (κ1) is 22.5. The number of hydrogen-bond donors (Lipinski definition) is 1. The third kappa shape index (κ3) is 4.96. The maximum absolute atomic E-state index is 12.0. The molecule has 2 saturated heterocycles. The number of carboxylic acid groups (broad SMARTS) is 1. The molecule has 2 aromatic rings. The molecule has 0 bridgehead atoms. The van der Waals surface area contributed by atoms with Gasteiger partial charge in [-0.1, -0.05) is 6.07 Å². The van der Waals surface area contributed by atoms with Crippen LogP contribution in [-0.4, -0.2) is 66.7 Å². The molecule has 0 unspecified atom stereocenters. The molecule has 8 heteroatoms. The van der Waals surface area contributed by atoms with Gasteiger partial charge >= 0.3 is 5.97 Å². The van der Waals surface area contributed by atoms with Crippen LogP contribution in [0.2, 0.25) is 0 Å². The van der Waals surface area contributed by atoms with Gasteiger partial charge in [-0.3, -0.25) is 4.79 Å². The number of fused-ring (bicyclic) bond motifs is 1. The van der Waals surface area contributed by atoms with Crippen molar-refractivity contribution in [1.29, 1.82) is 0 Å². The highest BCUT2D eigenvalue weighted by molar-refractivity contribution is 5.88. The fourth-order valence-electron chi connectivity index (χ4n) is 5.45. The summed E-state index contributed by atoms with van der Waals surface area (Å²) in [7, 11) is 0. The van der Waals surface area contributed by atoms with Crippen molar-refractivity contribution in [3.8, 4) is 11.6 Å². The van der Waals surface area contributed by atoms with Crippen molar-refractivity contribution in [3.05, 3.63) is 18.2 Å². The average molecular weight is 459 g/mol. The molecule has 3 aliphatic rings. The maximum Gasteiger partial charge on any atom is 0.311 e. The summed E-state index contributed by atoms with van der Waals surface area (Å²) in [5.41, 5.74) is 0.0162. The number of ether oxygens (including phenoxy) is 3. The van der Waals surface area contributed by atoms with Gasteiger partial charge in [-0.25, -0.2) is 0 Å². The van der Waals surface area contributed by atoms with Crippen molar-refractivity contribution in [2.45, 2.75) is 57.5 Å². The highest BCUT2D eigenvalue weighted by atomic mass is 16.5. The third-order valence-corrected chi connectivity index (χ3v) is 7.62. The lowest BCUT2D eigenvalue weighted by Crippen LogP contribution is -2.49. The zero-order valence-corrected chi connectivity index (χ0v) is 19.2. The van der Waals surface area contributed by atoms with E-state index >= 15 is 0 Å². The van der Waals surface area contributed by atoms with E-state index in [2.05, 4.69) is 10.1 Å². The highest BCUT2D eigenvalue weighted by Gasteiger charge is 2.42. The minimum Gasteiger partial charge on any atom is -0.489 e. The maximum atomic E-state index is 12.0. The van der Waals surface area contributed by atoms with Crippen molar-refractivity contribution in [2.24, 2.45) is 11.3 Å². The molecular formula is C25H34N2O6. The Kier molecular flexibility index (Phi) is 6.74. The summed E-state index contributed by atoms with van der Waals surface area (Å²) in [6.45, 7) is 4.03. The monoisotopic (exact) mass is 458 g/mol. The highest BCUT2D eigenvalue weighted by Crippen LogP contribution is 2.37. The summed E-state index contributed by atoms with van der Waals surface area (Å²) < 4.78 is 23.3. The smallest absolute Gasteiger partial charge is 0.311 e. The molecule has 0 spiro atoms. The van der Waals surface area contributed by atoms with Crippen LogP contribution in [0.3, 0.4) is 0 Å². The van der Waals surface area contributed by atoms with Crippen LogP contribution in [0.4, 0.5) is 0 Å². The third-order valence-electron chi connectivity index (χ3n) is 7.62. The van der Waals surface area contributed by atoms with Gasteiger partial charge in [-0.05, 0) is 87.7 Å². The summed E-state index contributed by atoms with van der Waals surface area (Å²) in [5.74, 6) is 1.02. The minimum atomic E-state index is -0.690. The molecular weight excluding hydrogens is 424 g/mol. The molecule has 3 fully saturated rings. The minimum absolute atomic E-state index is 0.257. The SMILES string of the molecule is O=C(O)C1(CN2CCC(COc3noc4cccc(OC5CCCC5)c34)CC2)CCOCC1. The largest absolute Gasteiger partial charge is 0.489 e. The van der Waals surface area contributed by atoms with Crippen LogP contribution in [0.1, 0.15) is 51.4 Å². The van der Waals surface area contributed by atoms with Crippen LogP contribution in [0.5, 0.6) is 11.6 Å². The molecule has 0 atom stereocenters. The number of benzene rings is 1. The van der Waals surface area contributed by atoms with E-state index in [4.69, 9.17) is 18.7 Å². The Bertz CT molecular complexity index is 940. The molecule has 3 heterocycles. The Balaban J connectivity index is 1.16. The molecule has 1 aromatic carbocycles. The van der Waals surface area contributed by atoms with Gasteiger partial charge in [0.15, 0.2) is 5.58 Å². The Morgan fingerprint density at radius 1 is 1.15 bits per heavy atom. The Morgan fingerprint density at radius 2 is 1.91 bits per heavy atom. The number of likely N-dealkylation sites (tertiary alicyclic amines) is 1. The zero-order chi connectivity index (χ0) is 22.7. The normalized spacial score (nSPS) is 22.5. The molecule has 2 aliphatic heterocycles. The summed E-state index contributed by atoms with van der Waals surface area (Å²) in [5, 5.41) is 14.8. The number of aromatic nitrogens is 1. The predicted octanol–water partition coefficient (Wildman–Crippen LogP) is 4.12. The fourth-order valence-corrected chi connectivity index (χ4v) is 5.45. The molecule has 1 aliphatic carbocycles. The van der Waals surface area contributed by atoms with Gasteiger partial charge in [0, 0.05) is 19.8 Å². The Morgan fingerprint density at radius 3 is 2.64 bits per heavy atom. The second-order valence-electron chi connectivity index (χ2n) is 9.87. The van der Waals surface area contributed by atoms with Gasteiger partial charge in [-0.15, -0.1) is 0 Å². The van der Waals surface area contributed by atoms with Crippen LogP contribution < -0.4 is 9.47 Å². The van der Waals surface area contributed by atoms with Crippen molar-refractivity contribution >= 4 is 16.9 Å². The van der Waals surface area contributed by atoms with Crippen LogP contribution in [0.15, 0.2) is 22.7 Å². The number of piperidine rings is 1. The average Bonchev–Trinajstić information content (AvgIpc) is 3.50. The van der Waals surface area contributed by atoms with Gasteiger partial charge in [0.05, 0.1) is 18.1 Å². The second-order valence-corrected chi connectivity index (χ2v) is 9.87. The Hall–Kier alpha value is -2.32. The second kappa shape index (κ2) is 9.89. The number of carboxylic acids is 1. The van der Waals surface area contributed by atoms with Crippen LogP contribution >= 0.6 is 0 Å². The van der Waals surface area contributed by atoms with Gasteiger partial charge in [0.2, 0.25) is 0 Å². The summed E-state index contributed by atoms with van der Waals surface area (Å²) in [6, 6.07) is 5.79. The van der Waals surface area contributed by atoms with Gasteiger partial charge in [-0.2, -0.15) is 0 Å². The van der Waals surface area contributed by atoms with E-state index in [1.807, 2.05) is 18.2 Å².